The summed E-state index contributed by atoms with van der Waals surface area (Å²) in [4.78, 5) is 13.9. The predicted molar refractivity (Wildman–Crippen MR) is 73.1 cm³/mol. The van der Waals surface area contributed by atoms with Crippen molar-refractivity contribution in [3.8, 4) is 0 Å². The lowest BCUT2D eigenvalue weighted by atomic mass is 10.3. The van der Waals surface area contributed by atoms with Gasteiger partial charge in [0.15, 0.2) is 0 Å². The van der Waals surface area contributed by atoms with Gasteiger partial charge in [0.05, 0.1) is 10.2 Å². The van der Waals surface area contributed by atoms with Crippen LogP contribution in [0.3, 0.4) is 0 Å². The van der Waals surface area contributed by atoms with Gasteiger partial charge < -0.3 is 15.2 Å². The molecule has 4 nitrogen and oxygen atoms in total. The minimum absolute atomic E-state index is 0.124. The van der Waals surface area contributed by atoms with Crippen molar-refractivity contribution >= 4 is 21.6 Å². The van der Waals surface area contributed by atoms with E-state index >= 15 is 0 Å². The zero-order chi connectivity index (χ0) is 12.3. The lowest BCUT2D eigenvalue weighted by Gasteiger charge is -2.15. The van der Waals surface area contributed by atoms with Crippen molar-refractivity contribution in [3.05, 3.63) is 27.1 Å². The van der Waals surface area contributed by atoms with E-state index in [4.69, 9.17) is 5.73 Å². The highest BCUT2D eigenvalue weighted by Gasteiger charge is 2.10. The minimum Gasteiger partial charge on any atom is -0.394 e. The first-order valence-electron chi connectivity index (χ1n) is 6.04. The van der Waals surface area contributed by atoms with Gasteiger partial charge in [0.25, 0.3) is 0 Å². The van der Waals surface area contributed by atoms with Gasteiger partial charge in [0.1, 0.15) is 0 Å². The molecular formula is C12H18BrN3O. The summed E-state index contributed by atoms with van der Waals surface area (Å²) in [6, 6.07) is 0. The Morgan fingerprint density at radius 1 is 1.24 bits per heavy atom. The molecule has 0 aliphatic carbocycles. The Morgan fingerprint density at radius 2 is 1.94 bits per heavy atom. The van der Waals surface area contributed by atoms with Crippen LogP contribution >= 0.6 is 15.9 Å². The smallest absolute Gasteiger partial charge is 0.218 e. The Hall–Kier alpha value is -0.810. The highest BCUT2D eigenvalue weighted by Crippen LogP contribution is 2.09. The van der Waals surface area contributed by atoms with Crippen LogP contribution in [0, 0.1) is 0 Å². The molecule has 0 amide bonds. The number of pyridine rings is 1. The maximum atomic E-state index is 11.4. The molecule has 1 aliphatic heterocycles. The van der Waals surface area contributed by atoms with E-state index in [2.05, 4.69) is 20.8 Å². The molecule has 2 rings (SSSR count). The molecule has 5 heteroatoms. The van der Waals surface area contributed by atoms with E-state index in [9.17, 15) is 4.79 Å². The molecule has 1 saturated heterocycles. The molecule has 0 bridgehead atoms. The Balaban J connectivity index is 1.88. The topological polar surface area (TPSA) is 51.3 Å². The number of anilines is 1. The second-order valence-corrected chi connectivity index (χ2v) is 5.39. The number of hydrogen-bond donors (Lipinski definition) is 1. The number of hydrogen-bond acceptors (Lipinski definition) is 3. The van der Waals surface area contributed by atoms with Gasteiger partial charge in [-0.2, -0.15) is 0 Å². The fourth-order valence-corrected chi connectivity index (χ4v) is 2.72. The summed E-state index contributed by atoms with van der Waals surface area (Å²) in [7, 11) is 0. The van der Waals surface area contributed by atoms with Crippen LogP contribution in [0.5, 0.6) is 0 Å². The molecule has 0 radical (unpaired) electrons. The monoisotopic (exact) mass is 299 g/mol. The van der Waals surface area contributed by atoms with Gasteiger partial charge in [-0.25, -0.2) is 0 Å². The maximum absolute atomic E-state index is 11.4. The summed E-state index contributed by atoms with van der Waals surface area (Å²) >= 11 is 3.23. The second kappa shape index (κ2) is 5.69. The number of nitrogens with two attached hydrogens (primary N) is 1. The average Bonchev–Trinajstić information content (AvgIpc) is 2.79. The number of nitrogen functional groups attached to an aromatic ring is 1. The SMILES string of the molecule is Nc1cn(CCCN2CCCC2)cc(Br)c1=O. The fraction of sp³-hybridized carbons (Fsp3) is 0.583. The number of rotatable bonds is 4. The number of aryl methyl sites for hydroxylation is 1. The Bertz CT molecular complexity index is 412. The van der Waals surface area contributed by atoms with Crippen LogP contribution in [0.2, 0.25) is 0 Å². The number of likely N-dealkylation sites (tertiary alicyclic amines) is 1. The number of aromatic nitrogens is 1. The van der Waals surface area contributed by atoms with Crippen LogP contribution in [-0.4, -0.2) is 29.1 Å². The van der Waals surface area contributed by atoms with E-state index in [1.165, 1.54) is 25.9 Å². The first-order valence-corrected chi connectivity index (χ1v) is 6.83. The molecule has 94 valence electrons. The second-order valence-electron chi connectivity index (χ2n) is 4.53. The first-order chi connectivity index (χ1) is 8.16. The normalized spacial score (nSPS) is 16.5. The Kier molecular flexibility index (Phi) is 4.23. The maximum Gasteiger partial charge on any atom is 0.218 e. The highest BCUT2D eigenvalue weighted by atomic mass is 79.9. The van der Waals surface area contributed by atoms with Gasteiger partial charge in [-0.15, -0.1) is 0 Å². The molecule has 0 aromatic carbocycles. The van der Waals surface area contributed by atoms with Crippen molar-refractivity contribution in [2.75, 3.05) is 25.4 Å². The van der Waals surface area contributed by atoms with Gasteiger partial charge in [-0.05, 0) is 54.8 Å². The Labute approximate surface area is 110 Å². The zero-order valence-electron chi connectivity index (χ0n) is 9.86. The Morgan fingerprint density at radius 3 is 2.59 bits per heavy atom. The van der Waals surface area contributed by atoms with Crippen LogP contribution < -0.4 is 11.2 Å². The van der Waals surface area contributed by atoms with Crippen LogP contribution in [0.4, 0.5) is 5.69 Å². The first kappa shape index (κ1) is 12.6. The molecule has 1 aliphatic rings. The van der Waals surface area contributed by atoms with Crippen molar-refractivity contribution in [2.45, 2.75) is 25.8 Å². The molecule has 2 N–H and O–H groups in total. The van der Waals surface area contributed by atoms with Crippen molar-refractivity contribution < 1.29 is 0 Å². The highest BCUT2D eigenvalue weighted by molar-refractivity contribution is 9.10. The quantitative estimate of drug-likeness (QED) is 0.920. The number of nitrogens with zero attached hydrogens (tertiary/aromatic N) is 2. The minimum atomic E-state index is -0.124. The third kappa shape index (κ3) is 3.33. The van der Waals surface area contributed by atoms with Crippen LogP contribution in [0.15, 0.2) is 21.7 Å². The van der Waals surface area contributed by atoms with Crippen LogP contribution in [0.1, 0.15) is 19.3 Å². The summed E-state index contributed by atoms with van der Waals surface area (Å²) in [5.74, 6) is 0. The van der Waals surface area contributed by atoms with E-state index in [0.29, 0.717) is 10.2 Å². The molecule has 1 fully saturated rings. The van der Waals surface area contributed by atoms with Gasteiger partial charge in [-0.1, -0.05) is 0 Å². The van der Waals surface area contributed by atoms with Crippen molar-refractivity contribution in [1.29, 1.82) is 0 Å². The molecule has 0 atom stereocenters. The summed E-state index contributed by atoms with van der Waals surface area (Å²) in [5.41, 5.74) is 5.82. The molecule has 0 unspecified atom stereocenters. The van der Waals surface area contributed by atoms with Crippen molar-refractivity contribution in [1.82, 2.24) is 9.47 Å². The molecule has 0 saturated carbocycles. The van der Waals surface area contributed by atoms with Crippen molar-refractivity contribution in [3.63, 3.8) is 0 Å². The van der Waals surface area contributed by atoms with E-state index < -0.39 is 0 Å². The van der Waals surface area contributed by atoms with E-state index in [1.807, 2.05) is 10.8 Å². The van der Waals surface area contributed by atoms with Gasteiger partial charge in [0.2, 0.25) is 5.43 Å². The number of halogens is 1. The summed E-state index contributed by atoms with van der Waals surface area (Å²) in [5, 5.41) is 0. The standard InChI is InChI=1S/C12H18BrN3O/c13-10-8-16(9-11(14)12(10)17)7-3-6-15-4-1-2-5-15/h8-9H,1-7,14H2. The van der Waals surface area contributed by atoms with Crippen molar-refractivity contribution in [2.24, 2.45) is 0 Å². The third-order valence-corrected chi connectivity index (χ3v) is 3.72. The summed E-state index contributed by atoms with van der Waals surface area (Å²) in [6.07, 6.45) is 7.28. The predicted octanol–water partition coefficient (Wildman–Crippen LogP) is 1.68. The molecule has 1 aromatic heterocycles. The van der Waals surface area contributed by atoms with Crippen LogP contribution in [-0.2, 0) is 6.54 Å². The lowest BCUT2D eigenvalue weighted by Crippen LogP contribution is -2.22. The average molecular weight is 300 g/mol. The molecule has 0 spiro atoms. The van der Waals surface area contributed by atoms with E-state index in [-0.39, 0.29) is 5.43 Å². The van der Waals surface area contributed by atoms with Crippen LogP contribution in [0.25, 0.3) is 0 Å². The molecule has 17 heavy (non-hydrogen) atoms. The largest absolute Gasteiger partial charge is 0.394 e. The van der Waals surface area contributed by atoms with E-state index in [1.54, 1.807) is 6.20 Å². The fourth-order valence-electron chi connectivity index (χ4n) is 2.23. The molecule has 1 aromatic rings. The van der Waals surface area contributed by atoms with E-state index in [0.717, 1.165) is 19.5 Å². The lowest BCUT2D eigenvalue weighted by molar-refractivity contribution is 0.325. The molecule has 2 heterocycles. The zero-order valence-corrected chi connectivity index (χ0v) is 11.4. The summed E-state index contributed by atoms with van der Waals surface area (Å²) < 4.78 is 2.52. The van der Waals surface area contributed by atoms with Gasteiger partial charge in [0, 0.05) is 18.9 Å². The summed E-state index contributed by atoms with van der Waals surface area (Å²) in [6.45, 7) is 4.50. The third-order valence-electron chi connectivity index (χ3n) is 3.15. The van der Waals surface area contributed by atoms with Gasteiger partial charge >= 0.3 is 0 Å². The van der Waals surface area contributed by atoms with Gasteiger partial charge in [-0.3, -0.25) is 4.79 Å². The molecular weight excluding hydrogens is 282 g/mol.